The van der Waals surface area contributed by atoms with Crippen LogP contribution in [0, 0.1) is 0 Å². The summed E-state index contributed by atoms with van der Waals surface area (Å²) in [5, 5.41) is 13.0. The number of carbonyl (C=O) groups excluding carboxylic acids is 2. The van der Waals surface area contributed by atoms with Crippen molar-refractivity contribution in [3.63, 3.8) is 0 Å². The molecule has 3 aromatic rings. The highest BCUT2D eigenvalue weighted by Crippen LogP contribution is 2.42. The number of hydrogen-bond acceptors (Lipinski definition) is 6. The molecule has 6 nitrogen and oxygen atoms in total. The molecule has 0 aliphatic carbocycles. The van der Waals surface area contributed by atoms with Crippen LogP contribution in [0.1, 0.15) is 26.8 Å². The van der Waals surface area contributed by atoms with Crippen molar-refractivity contribution in [2.75, 3.05) is 20.8 Å². The van der Waals surface area contributed by atoms with Gasteiger partial charge < -0.3 is 19.5 Å². The van der Waals surface area contributed by atoms with E-state index >= 15 is 0 Å². The van der Waals surface area contributed by atoms with E-state index in [2.05, 4.69) is 0 Å². The average Bonchev–Trinajstić information content (AvgIpc) is 3.45. The minimum atomic E-state index is -0.791. The Labute approximate surface area is 200 Å². The van der Waals surface area contributed by atoms with Crippen LogP contribution >= 0.6 is 22.9 Å². The summed E-state index contributed by atoms with van der Waals surface area (Å²) in [4.78, 5) is 28.3. The molecule has 8 heteroatoms. The topological polar surface area (TPSA) is 76.1 Å². The number of ketones is 1. The number of Topliss-reactive ketones (excluding diaryl/α,β-unsaturated/α-hetero) is 1. The predicted octanol–water partition coefficient (Wildman–Crippen LogP) is 5.24. The molecule has 1 atom stereocenters. The zero-order valence-electron chi connectivity index (χ0n) is 18.1. The molecule has 1 aromatic heterocycles. The zero-order valence-corrected chi connectivity index (χ0v) is 19.7. The second kappa shape index (κ2) is 9.68. The molecule has 2 aromatic carbocycles. The Morgan fingerprint density at radius 1 is 1.09 bits per heavy atom. The van der Waals surface area contributed by atoms with Gasteiger partial charge in [0.1, 0.15) is 0 Å². The molecule has 0 unspecified atom stereocenters. The first-order valence-electron chi connectivity index (χ1n) is 10.2. The normalized spacial score (nSPS) is 15.8. The maximum Gasteiger partial charge on any atom is 0.290 e. The maximum absolute atomic E-state index is 13.3. The van der Waals surface area contributed by atoms with E-state index in [-0.39, 0.29) is 17.9 Å². The summed E-state index contributed by atoms with van der Waals surface area (Å²) in [6.45, 7) is 0.259. The first-order valence-corrected chi connectivity index (χ1v) is 11.5. The second-order valence-electron chi connectivity index (χ2n) is 7.43. The molecule has 0 bridgehead atoms. The largest absolute Gasteiger partial charge is 0.503 e. The lowest BCUT2D eigenvalue weighted by atomic mass is 9.95. The van der Waals surface area contributed by atoms with Crippen LogP contribution in [0.3, 0.4) is 0 Å². The Morgan fingerprint density at radius 2 is 1.85 bits per heavy atom. The fourth-order valence-electron chi connectivity index (χ4n) is 3.96. The minimum absolute atomic E-state index is 0.0443. The molecule has 1 aliphatic rings. The van der Waals surface area contributed by atoms with E-state index in [0.29, 0.717) is 33.4 Å². The third-order valence-corrected chi connectivity index (χ3v) is 6.80. The lowest BCUT2D eigenvalue weighted by molar-refractivity contribution is -0.129. The molecular formula is C25H22ClNO5S. The molecule has 1 amide bonds. The van der Waals surface area contributed by atoms with E-state index in [1.807, 2.05) is 12.1 Å². The molecule has 1 aliphatic heterocycles. The molecule has 2 heterocycles. The van der Waals surface area contributed by atoms with Crippen molar-refractivity contribution in [2.24, 2.45) is 0 Å². The van der Waals surface area contributed by atoms with Gasteiger partial charge in [0.25, 0.3) is 5.91 Å². The number of methoxy groups -OCH3 is 2. The number of aliphatic hydroxyl groups excluding tert-OH is 1. The Kier molecular flexibility index (Phi) is 6.72. The van der Waals surface area contributed by atoms with Crippen molar-refractivity contribution >= 4 is 34.6 Å². The number of aliphatic hydroxyl groups is 1. The molecule has 0 spiro atoms. The summed E-state index contributed by atoms with van der Waals surface area (Å²) in [7, 11) is 3.12. The second-order valence-corrected chi connectivity index (χ2v) is 8.79. The van der Waals surface area contributed by atoms with Crippen LogP contribution in [0.2, 0.25) is 5.02 Å². The fraction of sp³-hybridized carbons (Fsp3) is 0.200. The Balaban J connectivity index is 1.69. The molecule has 1 N–H and O–H groups in total. The van der Waals surface area contributed by atoms with Gasteiger partial charge in [-0.1, -0.05) is 41.9 Å². The number of rotatable bonds is 8. The van der Waals surface area contributed by atoms with Gasteiger partial charge in [0.2, 0.25) is 5.78 Å². The number of benzene rings is 2. The molecule has 170 valence electrons. The number of nitrogens with zero attached hydrogens (tertiary/aromatic N) is 1. The lowest BCUT2D eigenvalue weighted by Gasteiger charge is -2.27. The van der Waals surface area contributed by atoms with E-state index in [4.69, 9.17) is 21.1 Å². The summed E-state index contributed by atoms with van der Waals surface area (Å²) in [5.41, 5.74) is 1.54. The summed E-state index contributed by atoms with van der Waals surface area (Å²) >= 11 is 7.73. The zero-order chi connectivity index (χ0) is 23.5. The van der Waals surface area contributed by atoms with Crippen molar-refractivity contribution in [3.05, 3.63) is 92.3 Å². The van der Waals surface area contributed by atoms with Crippen LogP contribution in [-0.2, 0) is 11.2 Å². The third kappa shape index (κ3) is 4.34. The van der Waals surface area contributed by atoms with Gasteiger partial charge in [-0.15, -0.1) is 11.3 Å². The molecule has 33 heavy (non-hydrogen) atoms. The van der Waals surface area contributed by atoms with Crippen LogP contribution in [-0.4, -0.2) is 42.5 Å². The molecule has 0 saturated carbocycles. The van der Waals surface area contributed by atoms with Gasteiger partial charge in [-0.05, 0) is 47.2 Å². The quantitative estimate of drug-likeness (QED) is 0.443. The SMILES string of the molecule is COc1ccc(CCN2C(=O)C(O)=C(C(=O)c3cccs3)[C@H]2c2ccccc2Cl)cc1OC. The standard InChI is InChI=1S/C25H22ClNO5S/c1-31-18-10-9-15(14-19(18)32-2)11-12-27-22(16-6-3-4-7-17(16)26)21(24(29)25(27)30)23(28)20-8-5-13-33-20/h3-10,13-14,22,29H,11-12H2,1-2H3/t22-/m1/s1. The van der Waals surface area contributed by atoms with E-state index in [1.165, 1.54) is 16.2 Å². The number of thiophene rings is 1. The van der Waals surface area contributed by atoms with E-state index in [1.54, 1.807) is 62.1 Å². The van der Waals surface area contributed by atoms with Gasteiger partial charge in [-0.3, -0.25) is 9.59 Å². The number of hydrogen-bond donors (Lipinski definition) is 1. The summed E-state index contributed by atoms with van der Waals surface area (Å²) in [6.07, 6.45) is 0.473. The Bertz CT molecular complexity index is 1220. The minimum Gasteiger partial charge on any atom is -0.503 e. The van der Waals surface area contributed by atoms with Gasteiger partial charge in [0, 0.05) is 11.6 Å². The molecule has 4 rings (SSSR count). The Morgan fingerprint density at radius 3 is 2.52 bits per heavy atom. The lowest BCUT2D eigenvalue weighted by Crippen LogP contribution is -2.33. The van der Waals surface area contributed by atoms with Crippen molar-refractivity contribution in [3.8, 4) is 11.5 Å². The van der Waals surface area contributed by atoms with Gasteiger partial charge in [0.05, 0.1) is 30.7 Å². The molecule has 0 saturated heterocycles. The molecule has 0 radical (unpaired) electrons. The number of amides is 1. The van der Waals surface area contributed by atoms with E-state index in [9.17, 15) is 14.7 Å². The van der Waals surface area contributed by atoms with E-state index < -0.39 is 17.7 Å². The summed E-state index contributed by atoms with van der Waals surface area (Å²) in [6, 6.07) is 15.2. The fourth-order valence-corrected chi connectivity index (χ4v) is 4.88. The maximum atomic E-state index is 13.3. The van der Waals surface area contributed by atoms with Gasteiger partial charge in [0.15, 0.2) is 17.3 Å². The first kappa shape index (κ1) is 22.9. The van der Waals surface area contributed by atoms with Crippen LogP contribution in [0.4, 0.5) is 0 Å². The molecular weight excluding hydrogens is 462 g/mol. The number of carbonyl (C=O) groups is 2. The number of halogens is 1. The van der Waals surface area contributed by atoms with Gasteiger partial charge >= 0.3 is 0 Å². The van der Waals surface area contributed by atoms with Crippen molar-refractivity contribution < 1.29 is 24.2 Å². The summed E-state index contributed by atoms with van der Waals surface area (Å²) < 4.78 is 10.7. The van der Waals surface area contributed by atoms with Gasteiger partial charge in [-0.2, -0.15) is 0 Å². The van der Waals surface area contributed by atoms with Crippen LogP contribution < -0.4 is 9.47 Å². The average molecular weight is 484 g/mol. The monoisotopic (exact) mass is 483 g/mol. The highest BCUT2D eigenvalue weighted by Gasteiger charge is 2.44. The smallest absolute Gasteiger partial charge is 0.290 e. The Hall–Kier alpha value is -3.29. The number of ether oxygens (including phenoxy) is 2. The van der Waals surface area contributed by atoms with Crippen LogP contribution in [0.25, 0.3) is 0 Å². The van der Waals surface area contributed by atoms with Crippen molar-refractivity contribution in [2.45, 2.75) is 12.5 Å². The highest BCUT2D eigenvalue weighted by atomic mass is 35.5. The van der Waals surface area contributed by atoms with Crippen molar-refractivity contribution in [1.29, 1.82) is 0 Å². The van der Waals surface area contributed by atoms with Crippen LogP contribution in [0.15, 0.2) is 71.3 Å². The van der Waals surface area contributed by atoms with Gasteiger partial charge in [-0.25, -0.2) is 0 Å². The van der Waals surface area contributed by atoms with E-state index in [0.717, 1.165) is 5.56 Å². The highest BCUT2D eigenvalue weighted by molar-refractivity contribution is 7.12. The molecule has 0 fully saturated rings. The van der Waals surface area contributed by atoms with Crippen molar-refractivity contribution in [1.82, 2.24) is 4.90 Å². The summed E-state index contributed by atoms with van der Waals surface area (Å²) in [5.74, 6) is -0.323. The van der Waals surface area contributed by atoms with Crippen LogP contribution in [0.5, 0.6) is 11.5 Å². The predicted molar refractivity (Wildman–Crippen MR) is 127 cm³/mol. The first-order chi connectivity index (χ1) is 16.0. The third-order valence-electron chi connectivity index (χ3n) is 5.58.